The minimum absolute atomic E-state index is 0.654. The Balaban J connectivity index is 2.77. The van der Waals surface area contributed by atoms with E-state index in [1.807, 2.05) is 13.8 Å². The van der Waals surface area contributed by atoms with E-state index in [9.17, 15) is 0 Å². The van der Waals surface area contributed by atoms with Crippen molar-refractivity contribution in [2.45, 2.75) is 40.5 Å². The van der Waals surface area contributed by atoms with Gasteiger partial charge in [-0.1, -0.05) is 20.3 Å². The van der Waals surface area contributed by atoms with Gasteiger partial charge in [-0.05, 0) is 19.8 Å². The summed E-state index contributed by atoms with van der Waals surface area (Å²) in [5.41, 5.74) is 0. The van der Waals surface area contributed by atoms with Crippen molar-refractivity contribution in [3.63, 3.8) is 0 Å². The van der Waals surface area contributed by atoms with Crippen molar-refractivity contribution in [3.05, 3.63) is 17.5 Å². The van der Waals surface area contributed by atoms with Gasteiger partial charge >= 0.3 is 0 Å². The summed E-state index contributed by atoms with van der Waals surface area (Å²) in [5.74, 6) is 3.23. The first kappa shape index (κ1) is 10.1. The monoisotopic (exact) mass is 179 g/mol. The van der Waals surface area contributed by atoms with Crippen LogP contribution in [0.2, 0.25) is 0 Å². The Morgan fingerprint density at radius 1 is 1.08 bits per heavy atom. The molecule has 0 aromatic carbocycles. The second-order valence-electron chi connectivity index (χ2n) is 3.56. The van der Waals surface area contributed by atoms with Crippen molar-refractivity contribution < 1.29 is 0 Å². The molecule has 0 saturated heterocycles. The Hall–Kier alpha value is -0.990. The molecule has 1 rings (SSSR count). The van der Waals surface area contributed by atoms with Gasteiger partial charge in [0.1, 0.15) is 17.5 Å². The van der Waals surface area contributed by atoms with Crippen molar-refractivity contribution in [3.8, 4) is 0 Å². The van der Waals surface area contributed by atoms with Gasteiger partial charge in [-0.25, -0.2) is 15.0 Å². The van der Waals surface area contributed by atoms with Gasteiger partial charge in [0.2, 0.25) is 0 Å². The Bertz CT molecular complexity index is 263. The van der Waals surface area contributed by atoms with Crippen LogP contribution in [0.15, 0.2) is 0 Å². The highest BCUT2D eigenvalue weighted by Gasteiger charge is 2.05. The number of rotatable bonds is 3. The highest BCUT2D eigenvalue weighted by molar-refractivity contribution is 4.95. The van der Waals surface area contributed by atoms with Gasteiger partial charge in [-0.2, -0.15) is 0 Å². The molecule has 1 aromatic rings. The molecule has 0 amide bonds. The summed E-state index contributed by atoms with van der Waals surface area (Å²) in [6.45, 7) is 8.23. The average Bonchev–Trinajstić information content (AvgIpc) is 2.02. The smallest absolute Gasteiger partial charge is 0.132 e. The summed E-state index contributed by atoms with van der Waals surface area (Å²) in [5, 5.41) is 0. The summed E-state index contributed by atoms with van der Waals surface area (Å²) in [4.78, 5) is 12.7. The van der Waals surface area contributed by atoms with E-state index in [1.165, 1.54) is 6.42 Å². The zero-order chi connectivity index (χ0) is 9.84. The molecule has 0 aliphatic heterocycles. The fourth-order valence-corrected chi connectivity index (χ4v) is 1.23. The SMILES string of the molecule is CCC(C)Cc1nc(C)nc(C)n1. The first-order valence-corrected chi connectivity index (χ1v) is 4.80. The van der Waals surface area contributed by atoms with E-state index in [1.54, 1.807) is 0 Å². The summed E-state index contributed by atoms with van der Waals surface area (Å²) in [6.07, 6.45) is 2.13. The molecular formula is C10H17N3. The maximum atomic E-state index is 4.30. The van der Waals surface area contributed by atoms with Crippen molar-refractivity contribution in [1.29, 1.82) is 0 Å². The number of nitrogens with zero attached hydrogens (tertiary/aromatic N) is 3. The third kappa shape index (κ3) is 3.09. The van der Waals surface area contributed by atoms with Gasteiger partial charge < -0.3 is 0 Å². The lowest BCUT2D eigenvalue weighted by Crippen LogP contribution is -2.07. The molecular weight excluding hydrogens is 162 g/mol. The average molecular weight is 179 g/mol. The summed E-state index contributed by atoms with van der Waals surface area (Å²) in [7, 11) is 0. The maximum Gasteiger partial charge on any atom is 0.132 e. The normalized spacial score (nSPS) is 12.9. The molecule has 0 aliphatic carbocycles. The van der Waals surface area contributed by atoms with Crippen LogP contribution in [0.1, 0.15) is 37.7 Å². The van der Waals surface area contributed by atoms with Crippen LogP contribution in [-0.4, -0.2) is 15.0 Å². The molecule has 0 N–H and O–H groups in total. The van der Waals surface area contributed by atoms with Crippen LogP contribution in [0.3, 0.4) is 0 Å². The van der Waals surface area contributed by atoms with Crippen molar-refractivity contribution in [2.24, 2.45) is 5.92 Å². The Morgan fingerprint density at radius 3 is 2.08 bits per heavy atom. The summed E-state index contributed by atoms with van der Waals surface area (Å²) < 4.78 is 0. The first-order valence-electron chi connectivity index (χ1n) is 4.80. The van der Waals surface area contributed by atoms with E-state index in [-0.39, 0.29) is 0 Å². The van der Waals surface area contributed by atoms with Gasteiger partial charge in [0.05, 0.1) is 0 Å². The van der Waals surface area contributed by atoms with E-state index < -0.39 is 0 Å². The van der Waals surface area contributed by atoms with Gasteiger partial charge in [-0.15, -0.1) is 0 Å². The zero-order valence-corrected chi connectivity index (χ0v) is 8.83. The lowest BCUT2D eigenvalue weighted by molar-refractivity contribution is 0.539. The lowest BCUT2D eigenvalue weighted by Gasteiger charge is -2.07. The molecule has 0 spiro atoms. The van der Waals surface area contributed by atoms with E-state index in [4.69, 9.17) is 0 Å². The predicted octanol–water partition coefficient (Wildman–Crippen LogP) is 2.08. The zero-order valence-electron chi connectivity index (χ0n) is 8.83. The fraction of sp³-hybridized carbons (Fsp3) is 0.700. The molecule has 13 heavy (non-hydrogen) atoms. The minimum atomic E-state index is 0.654. The summed E-state index contributed by atoms with van der Waals surface area (Å²) >= 11 is 0. The second kappa shape index (κ2) is 4.30. The molecule has 3 nitrogen and oxygen atoms in total. The van der Waals surface area contributed by atoms with Gasteiger partial charge in [-0.3, -0.25) is 0 Å². The summed E-state index contributed by atoms with van der Waals surface area (Å²) in [6, 6.07) is 0. The quantitative estimate of drug-likeness (QED) is 0.713. The third-order valence-electron chi connectivity index (χ3n) is 2.13. The molecule has 1 heterocycles. The number of hydrogen-bond donors (Lipinski definition) is 0. The van der Waals surface area contributed by atoms with Gasteiger partial charge in [0.25, 0.3) is 0 Å². The first-order chi connectivity index (χ1) is 6.11. The van der Waals surface area contributed by atoms with Crippen LogP contribution in [-0.2, 0) is 6.42 Å². The van der Waals surface area contributed by atoms with Crippen LogP contribution in [0.25, 0.3) is 0 Å². The Morgan fingerprint density at radius 2 is 1.62 bits per heavy atom. The van der Waals surface area contributed by atoms with E-state index >= 15 is 0 Å². The predicted molar refractivity (Wildman–Crippen MR) is 52.5 cm³/mol. The number of hydrogen-bond acceptors (Lipinski definition) is 3. The fourth-order valence-electron chi connectivity index (χ4n) is 1.23. The molecule has 0 fully saturated rings. The minimum Gasteiger partial charge on any atom is -0.219 e. The van der Waals surface area contributed by atoms with Crippen LogP contribution in [0, 0.1) is 19.8 Å². The molecule has 72 valence electrons. The third-order valence-corrected chi connectivity index (χ3v) is 2.13. The van der Waals surface area contributed by atoms with Gasteiger partial charge in [0, 0.05) is 6.42 Å². The highest BCUT2D eigenvalue weighted by Crippen LogP contribution is 2.07. The molecule has 3 heteroatoms. The van der Waals surface area contributed by atoms with Crippen molar-refractivity contribution >= 4 is 0 Å². The van der Waals surface area contributed by atoms with Crippen LogP contribution in [0.4, 0.5) is 0 Å². The standard InChI is InChI=1S/C10H17N3/c1-5-7(2)6-10-12-8(3)11-9(4)13-10/h7H,5-6H2,1-4H3. The topological polar surface area (TPSA) is 38.7 Å². The van der Waals surface area contributed by atoms with Crippen molar-refractivity contribution in [2.75, 3.05) is 0 Å². The molecule has 0 radical (unpaired) electrons. The molecule has 0 bridgehead atoms. The molecule has 0 aliphatic rings. The largest absolute Gasteiger partial charge is 0.219 e. The second-order valence-corrected chi connectivity index (χ2v) is 3.56. The molecule has 0 saturated carbocycles. The maximum absolute atomic E-state index is 4.30. The Kier molecular flexibility index (Phi) is 3.34. The number of aromatic nitrogens is 3. The van der Waals surface area contributed by atoms with E-state index in [0.717, 1.165) is 23.9 Å². The van der Waals surface area contributed by atoms with E-state index in [2.05, 4.69) is 28.8 Å². The van der Waals surface area contributed by atoms with Crippen LogP contribution in [0.5, 0.6) is 0 Å². The lowest BCUT2D eigenvalue weighted by atomic mass is 10.1. The van der Waals surface area contributed by atoms with E-state index in [0.29, 0.717) is 5.92 Å². The van der Waals surface area contributed by atoms with Crippen molar-refractivity contribution in [1.82, 2.24) is 15.0 Å². The van der Waals surface area contributed by atoms with Gasteiger partial charge in [0.15, 0.2) is 0 Å². The highest BCUT2D eigenvalue weighted by atomic mass is 15.0. The number of aryl methyl sites for hydroxylation is 2. The molecule has 1 atom stereocenters. The molecule has 1 aromatic heterocycles. The Labute approximate surface area is 79.6 Å². The molecule has 1 unspecified atom stereocenters. The van der Waals surface area contributed by atoms with Crippen LogP contribution >= 0.6 is 0 Å². The van der Waals surface area contributed by atoms with Crippen LogP contribution < -0.4 is 0 Å².